The Balaban J connectivity index is 1.58. The Morgan fingerprint density at radius 3 is 3.00 bits per heavy atom. The highest BCUT2D eigenvalue weighted by Gasteiger charge is 2.08. The van der Waals surface area contributed by atoms with E-state index in [9.17, 15) is 4.79 Å². The molecule has 0 fully saturated rings. The lowest BCUT2D eigenvalue weighted by molar-refractivity contribution is 0.0958. The molecule has 3 rings (SSSR count). The summed E-state index contributed by atoms with van der Waals surface area (Å²) in [5.74, 6) is -0.0375. The number of imidazole rings is 1. The topological polar surface area (TPSA) is 46.4 Å². The number of nitrogens with one attached hydrogen (secondary N) is 1. The third-order valence-electron chi connectivity index (χ3n) is 2.88. The quantitative estimate of drug-likeness (QED) is 0.786. The number of hydrogen-bond donors (Lipinski definition) is 1. The predicted molar refractivity (Wildman–Crippen MR) is 83.2 cm³/mol. The monoisotopic (exact) mass is 349 g/mol. The maximum Gasteiger partial charge on any atom is 0.261 e. The first-order valence-electron chi connectivity index (χ1n) is 6.18. The van der Waals surface area contributed by atoms with E-state index >= 15 is 0 Å². The summed E-state index contributed by atoms with van der Waals surface area (Å²) in [7, 11) is 0. The van der Waals surface area contributed by atoms with Crippen molar-refractivity contribution >= 4 is 38.8 Å². The molecule has 0 bridgehead atoms. The van der Waals surface area contributed by atoms with Gasteiger partial charge in [-0.25, -0.2) is 4.98 Å². The van der Waals surface area contributed by atoms with Crippen molar-refractivity contribution in [2.24, 2.45) is 0 Å². The van der Waals surface area contributed by atoms with Gasteiger partial charge < -0.3 is 9.72 Å². The molecule has 6 heteroatoms. The molecule has 3 heterocycles. The van der Waals surface area contributed by atoms with E-state index in [1.165, 1.54) is 11.3 Å². The van der Waals surface area contributed by atoms with Crippen molar-refractivity contribution in [3.63, 3.8) is 0 Å². The molecule has 3 aromatic rings. The summed E-state index contributed by atoms with van der Waals surface area (Å²) in [6.07, 6.45) is 4.68. The van der Waals surface area contributed by atoms with Crippen LogP contribution in [-0.2, 0) is 6.42 Å². The lowest BCUT2D eigenvalue weighted by Gasteiger charge is -2.01. The number of aromatic nitrogens is 2. The van der Waals surface area contributed by atoms with Gasteiger partial charge in [-0.2, -0.15) is 0 Å². The first-order chi connectivity index (χ1) is 9.72. The van der Waals surface area contributed by atoms with Gasteiger partial charge in [0.1, 0.15) is 5.65 Å². The minimum absolute atomic E-state index is 0.0375. The fraction of sp³-hybridized carbons (Fsp3) is 0.143. The Bertz CT molecular complexity index is 717. The van der Waals surface area contributed by atoms with E-state index in [0.717, 1.165) is 21.5 Å². The number of amides is 1. The van der Waals surface area contributed by atoms with Crippen LogP contribution in [0.3, 0.4) is 0 Å². The average molecular weight is 350 g/mol. The summed E-state index contributed by atoms with van der Waals surface area (Å²) in [4.78, 5) is 17.1. The maximum absolute atomic E-state index is 11.9. The third-order valence-corrected chi connectivity index (χ3v) is 4.50. The van der Waals surface area contributed by atoms with Crippen molar-refractivity contribution in [3.8, 4) is 0 Å². The van der Waals surface area contributed by atoms with E-state index in [2.05, 4.69) is 26.2 Å². The number of fused-ring (bicyclic) bond motifs is 1. The molecule has 0 atom stereocenters. The summed E-state index contributed by atoms with van der Waals surface area (Å²) in [6.45, 7) is 0.582. The second-order valence-corrected chi connectivity index (χ2v) is 6.77. The normalized spacial score (nSPS) is 10.8. The maximum atomic E-state index is 11.9. The second kappa shape index (κ2) is 5.76. The van der Waals surface area contributed by atoms with Crippen LogP contribution >= 0.6 is 27.3 Å². The Kier molecular flexibility index (Phi) is 3.84. The molecule has 0 saturated heterocycles. The summed E-state index contributed by atoms with van der Waals surface area (Å²) in [6, 6.07) is 9.58. The minimum atomic E-state index is -0.0375. The molecule has 0 aliphatic heterocycles. The number of thiophene rings is 1. The number of rotatable bonds is 4. The van der Waals surface area contributed by atoms with E-state index in [-0.39, 0.29) is 5.91 Å². The Morgan fingerprint density at radius 2 is 2.25 bits per heavy atom. The number of nitrogens with zero attached hydrogens (tertiary/aromatic N) is 2. The lowest BCUT2D eigenvalue weighted by Crippen LogP contribution is -2.24. The van der Waals surface area contributed by atoms with Gasteiger partial charge in [0, 0.05) is 25.4 Å². The zero-order valence-corrected chi connectivity index (χ0v) is 12.9. The molecule has 102 valence electrons. The molecule has 0 saturated carbocycles. The zero-order chi connectivity index (χ0) is 13.9. The summed E-state index contributed by atoms with van der Waals surface area (Å²) >= 11 is 4.78. The molecule has 1 amide bonds. The predicted octanol–water partition coefficient (Wildman–Crippen LogP) is 3.13. The molecule has 1 N–H and O–H groups in total. The molecule has 0 radical (unpaired) electrons. The van der Waals surface area contributed by atoms with Crippen LogP contribution in [0, 0.1) is 0 Å². The van der Waals surface area contributed by atoms with Crippen molar-refractivity contribution in [1.29, 1.82) is 0 Å². The lowest BCUT2D eigenvalue weighted by atomic mass is 10.3. The molecular formula is C14H12BrN3OS. The molecule has 0 aliphatic carbocycles. The van der Waals surface area contributed by atoms with Crippen molar-refractivity contribution in [2.45, 2.75) is 6.42 Å². The van der Waals surface area contributed by atoms with Gasteiger partial charge in [0.05, 0.1) is 14.4 Å². The molecular weight excluding hydrogens is 338 g/mol. The van der Waals surface area contributed by atoms with Crippen LogP contribution in [0.1, 0.15) is 15.4 Å². The first kappa shape index (κ1) is 13.3. The first-order valence-corrected chi connectivity index (χ1v) is 7.79. The number of carbonyl (C=O) groups is 1. The van der Waals surface area contributed by atoms with Gasteiger partial charge in [-0.05, 0) is 40.2 Å². The Labute approximate surface area is 128 Å². The van der Waals surface area contributed by atoms with Gasteiger partial charge in [-0.1, -0.05) is 6.07 Å². The fourth-order valence-corrected chi connectivity index (χ4v) is 3.24. The number of halogens is 1. The Morgan fingerprint density at radius 1 is 1.35 bits per heavy atom. The van der Waals surface area contributed by atoms with E-state index < -0.39 is 0 Å². The summed E-state index contributed by atoms with van der Waals surface area (Å²) in [5, 5.41) is 2.91. The van der Waals surface area contributed by atoms with Crippen molar-refractivity contribution in [2.75, 3.05) is 6.54 Å². The number of pyridine rings is 1. The zero-order valence-electron chi connectivity index (χ0n) is 10.5. The minimum Gasteiger partial charge on any atom is -0.351 e. The van der Waals surface area contributed by atoms with Gasteiger partial charge >= 0.3 is 0 Å². The number of hydrogen-bond acceptors (Lipinski definition) is 3. The largest absolute Gasteiger partial charge is 0.351 e. The highest BCUT2D eigenvalue weighted by molar-refractivity contribution is 9.11. The van der Waals surface area contributed by atoms with Crippen molar-refractivity contribution < 1.29 is 4.79 Å². The summed E-state index contributed by atoms with van der Waals surface area (Å²) in [5.41, 5.74) is 1.90. The van der Waals surface area contributed by atoms with Crippen LogP contribution in [0.25, 0.3) is 5.65 Å². The van der Waals surface area contributed by atoms with Gasteiger partial charge in [0.25, 0.3) is 5.91 Å². The van der Waals surface area contributed by atoms with Gasteiger partial charge in [-0.3, -0.25) is 4.79 Å². The van der Waals surface area contributed by atoms with Gasteiger partial charge in [-0.15, -0.1) is 11.3 Å². The Hall–Kier alpha value is -1.66. The molecule has 0 spiro atoms. The van der Waals surface area contributed by atoms with E-state index in [4.69, 9.17) is 0 Å². The highest BCUT2D eigenvalue weighted by atomic mass is 79.9. The molecule has 0 aliphatic rings. The van der Waals surface area contributed by atoms with Crippen LogP contribution in [0.4, 0.5) is 0 Å². The molecule has 0 unspecified atom stereocenters. The second-order valence-electron chi connectivity index (χ2n) is 4.31. The standard InChI is InChI=1S/C14H12BrN3OS/c15-12-5-4-11(20-12)14(19)16-7-6-10-9-18-8-2-1-3-13(18)17-10/h1-5,8-9H,6-7H2,(H,16,19). The van der Waals surface area contributed by atoms with Crippen LogP contribution in [0.2, 0.25) is 0 Å². The van der Waals surface area contributed by atoms with E-state index in [1.54, 1.807) is 0 Å². The van der Waals surface area contributed by atoms with Crippen LogP contribution in [0.5, 0.6) is 0 Å². The molecule has 3 aromatic heterocycles. The fourth-order valence-electron chi connectivity index (χ4n) is 1.94. The number of carbonyl (C=O) groups excluding carboxylic acids is 1. The molecule has 4 nitrogen and oxygen atoms in total. The molecule has 20 heavy (non-hydrogen) atoms. The SMILES string of the molecule is O=C(NCCc1cn2ccccc2n1)c1ccc(Br)s1. The van der Waals surface area contributed by atoms with Gasteiger partial charge in [0.2, 0.25) is 0 Å². The van der Waals surface area contributed by atoms with Crippen LogP contribution in [-0.4, -0.2) is 21.8 Å². The third kappa shape index (κ3) is 2.91. The average Bonchev–Trinajstić information content (AvgIpc) is 3.04. The van der Waals surface area contributed by atoms with Crippen molar-refractivity contribution in [3.05, 3.63) is 57.1 Å². The smallest absolute Gasteiger partial charge is 0.261 e. The van der Waals surface area contributed by atoms with E-state index in [1.807, 2.05) is 47.1 Å². The van der Waals surface area contributed by atoms with Crippen LogP contribution < -0.4 is 5.32 Å². The van der Waals surface area contributed by atoms with Gasteiger partial charge in [0.15, 0.2) is 0 Å². The van der Waals surface area contributed by atoms with E-state index in [0.29, 0.717) is 11.4 Å². The van der Waals surface area contributed by atoms with Crippen LogP contribution in [0.15, 0.2) is 46.5 Å². The highest BCUT2D eigenvalue weighted by Crippen LogP contribution is 2.21. The summed E-state index contributed by atoms with van der Waals surface area (Å²) < 4.78 is 2.94. The van der Waals surface area contributed by atoms with Crippen molar-refractivity contribution in [1.82, 2.24) is 14.7 Å². The molecule has 0 aromatic carbocycles.